The molecule has 0 saturated carbocycles. The zero-order chi connectivity index (χ0) is 11.8. The molecule has 1 saturated heterocycles. The number of hydrogen-bond donors (Lipinski definition) is 0. The highest BCUT2D eigenvalue weighted by Crippen LogP contribution is 2.17. The minimum absolute atomic E-state index is 0.483. The summed E-state index contributed by atoms with van der Waals surface area (Å²) < 4.78 is 5.73. The van der Waals surface area contributed by atoms with Crippen molar-refractivity contribution in [2.75, 3.05) is 31.6 Å². The van der Waals surface area contributed by atoms with Crippen molar-refractivity contribution in [3.8, 4) is 0 Å². The van der Waals surface area contributed by atoms with Gasteiger partial charge in [0.25, 0.3) is 0 Å². The van der Waals surface area contributed by atoms with Crippen molar-refractivity contribution in [1.82, 2.24) is 4.90 Å². The molecule has 0 aromatic heterocycles. The second kappa shape index (κ2) is 8.48. The summed E-state index contributed by atoms with van der Waals surface area (Å²) in [6.07, 6.45) is 5.65. The van der Waals surface area contributed by atoms with Gasteiger partial charge >= 0.3 is 0 Å². The van der Waals surface area contributed by atoms with E-state index in [1.165, 1.54) is 38.8 Å². The van der Waals surface area contributed by atoms with E-state index in [-0.39, 0.29) is 0 Å². The molecular weight excluding hydrogens is 266 g/mol. The largest absolute Gasteiger partial charge is 0.377 e. The van der Waals surface area contributed by atoms with Crippen molar-refractivity contribution in [3.63, 3.8) is 0 Å². The first kappa shape index (κ1) is 14.5. The molecule has 0 aliphatic carbocycles. The SMILES string of the molecule is CCCC(CBr)CN1CCCC(OCC)C1. The maximum Gasteiger partial charge on any atom is 0.0702 e. The van der Waals surface area contributed by atoms with Gasteiger partial charge in [-0.05, 0) is 38.6 Å². The van der Waals surface area contributed by atoms with E-state index in [1.54, 1.807) is 0 Å². The van der Waals surface area contributed by atoms with Crippen LogP contribution in [0.25, 0.3) is 0 Å². The molecule has 0 spiro atoms. The van der Waals surface area contributed by atoms with E-state index in [9.17, 15) is 0 Å². The fourth-order valence-corrected chi connectivity index (χ4v) is 3.07. The smallest absolute Gasteiger partial charge is 0.0702 e. The topological polar surface area (TPSA) is 12.5 Å². The summed E-state index contributed by atoms with van der Waals surface area (Å²) in [5, 5.41) is 1.14. The van der Waals surface area contributed by atoms with Gasteiger partial charge in [0.05, 0.1) is 6.10 Å². The second-order valence-electron chi connectivity index (χ2n) is 4.79. The quantitative estimate of drug-likeness (QED) is 0.668. The van der Waals surface area contributed by atoms with Gasteiger partial charge in [0.15, 0.2) is 0 Å². The molecule has 16 heavy (non-hydrogen) atoms. The maximum atomic E-state index is 5.73. The number of nitrogens with zero attached hydrogens (tertiary/aromatic N) is 1. The Kier molecular flexibility index (Phi) is 7.67. The average molecular weight is 292 g/mol. The van der Waals surface area contributed by atoms with Crippen molar-refractivity contribution in [2.24, 2.45) is 5.92 Å². The van der Waals surface area contributed by atoms with Gasteiger partial charge in [0.2, 0.25) is 0 Å². The van der Waals surface area contributed by atoms with Crippen LogP contribution in [-0.4, -0.2) is 42.6 Å². The predicted molar refractivity (Wildman–Crippen MR) is 73.3 cm³/mol. The summed E-state index contributed by atoms with van der Waals surface area (Å²) in [6, 6.07) is 0. The molecule has 0 bridgehead atoms. The number of ether oxygens (including phenoxy) is 1. The normalized spacial score (nSPS) is 24.6. The predicted octanol–water partition coefficient (Wildman–Crippen LogP) is 3.30. The van der Waals surface area contributed by atoms with Crippen molar-refractivity contribution >= 4 is 15.9 Å². The van der Waals surface area contributed by atoms with Crippen LogP contribution in [0.15, 0.2) is 0 Å². The molecule has 3 heteroatoms. The molecule has 0 aromatic carbocycles. The second-order valence-corrected chi connectivity index (χ2v) is 5.44. The minimum atomic E-state index is 0.483. The van der Waals surface area contributed by atoms with Gasteiger partial charge in [0.1, 0.15) is 0 Å². The van der Waals surface area contributed by atoms with Gasteiger partial charge in [0, 0.05) is 25.0 Å². The fourth-order valence-electron chi connectivity index (χ4n) is 2.54. The van der Waals surface area contributed by atoms with E-state index in [0.717, 1.165) is 24.4 Å². The van der Waals surface area contributed by atoms with Gasteiger partial charge < -0.3 is 9.64 Å². The van der Waals surface area contributed by atoms with Crippen molar-refractivity contribution in [2.45, 2.75) is 45.6 Å². The lowest BCUT2D eigenvalue weighted by atomic mass is 10.0. The zero-order valence-corrected chi connectivity index (χ0v) is 12.3. The van der Waals surface area contributed by atoms with Crippen molar-refractivity contribution in [3.05, 3.63) is 0 Å². The van der Waals surface area contributed by atoms with Crippen LogP contribution in [0.1, 0.15) is 39.5 Å². The third kappa shape index (κ3) is 5.15. The Morgan fingerprint density at radius 2 is 2.25 bits per heavy atom. The molecule has 0 aromatic rings. The first-order valence-electron chi connectivity index (χ1n) is 6.70. The molecule has 2 unspecified atom stereocenters. The van der Waals surface area contributed by atoms with Gasteiger partial charge in [-0.3, -0.25) is 0 Å². The molecule has 1 aliphatic rings. The Hall–Kier alpha value is 0.400. The summed E-state index contributed by atoms with van der Waals surface area (Å²) in [6.45, 7) is 8.86. The highest BCUT2D eigenvalue weighted by molar-refractivity contribution is 9.09. The van der Waals surface area contributed by atoms with Gasteiger partial charge in [-0.1, -0.05) is 29.3 Å². The zero-order valence-electron chi connectivity index (χ0n) is 10.8. The lowest BCUT2D eigenvalue weighted by Crippen LogP contribution is -2.42. The maximum absolute atomic E-state index is 5.73. The Balaban J connectivity index is 2.29. The molecule has 1 heterocycles. The van der Waals surface area contributed by atoms with Crippen LogP contribution >= 0.6 is 15.9 Å². The van der Waals surface area contributed by atoms with E-state index in [0.29, 0.717) is 6.10 Å². The van der Waals surface area contributed by atoms with Gasteiger partial charge in [-0.2, -0.15) is 0 Å². The van der Waals surface area contributed by atoms with Crippen LogP contribution < -0.4 is 0 Å². The molecule has 2 nitrogen and oxygen atoms in total. The summed E-state index contributed by atoms with van der Waals surface area (Å²) in [5.41, 5.74) is 0. The summed E-state index contributed by atoms with van der Waals surface area (Å²) >= 11 is 3.63. The van der Waals surface area contributed by atoms with Crippen molar-refractivity contribution < 1.29 is 4.74 Å². The summed E-state index contributed by atoms with van der Waals surface area (Å²) in [5.74, 6) is 0.811. The fraction of sp³-hybridized carbons (Fsp3) is 1.00. The molecule has 0 radical (unpaired) electrons. The highest BCUT2D eigenvalue weighted by atomic mass is 79.9. The number of likely N-dealkylation sites (tertiary alicyclic amines) is 1. The van der Waals surface area contributed by atoms with E-state index in [4.69, 9.17) is 4.74 Å². The van der Waals surface area contributed by atoms with E-state index < -0.39 is 0 Å². The van der Waals surface area contributed by atoms with Crippen molar-refractivity contribution in [1.29, 1.82) is 0 Å². The van der Waals surface area contributed by atoms with Gasteiger partial charge in [-0.15, -0.1) is 0 Å². The minimum Gasteiger partial charge on any atom is -0.377 e. The molecule has 0 amide bonds. The van der Waals surface area contributed by atoms with Crippen LogP contribution in [0.2, 0.25) is 0 Å². The van der Waals surface area contributed by atoms with Crippen LogP contribution in [0.3, 0.4) is 0 Å². The molecule has 1 aliphatic heterocycles. The standard InChI is InChI=1S/C13H26BrNO/c1-3-6-12(9-14)10-15-8-5-7-13(11-15)16-4-2/h12-13H,3-11H2,1-2H3. The molecule has 1 fully saturated rings. The molecule has 2 atom stereocenters. The molecule has 1 rings (SSSR count). The summed E-state index contributed by atoms with van der Waals surface area (Å²) in [7, 11) is 0. The van der Waals surface area contributed by atoms with E-state index >= 15 is 0 Å². The number of halogens is 1. The van der Waals surface area contributed by atoms with Crippen LogP contribution in [-0.2, 0) is 4.74 Å². The third-order valence-electron chi connectivity index (χ3n) is 3.30. The van der Waals surface area contributed by atoms with E-state index in [2.05, 4.69) is 34.7 Å². The number of rotatable bonds is 7. The average Bonchev–Trinajstić information content (AvgIpc) is 2.29. The first-order valence-corrected chi connectivity index (χ1v) is 7.82. The number of hydrogen-bond acceptors (Lipinski definition) is 2. The molecule has 0 N–H and O–H groups in total. The Morgan fingerprint density at radius 3 is 2.88 bits per heavy atom. The van der Waals surface area contributed by atoms with E-state index in [1.807, 2.05) is 0 Å². The van der Waals surface area contributed by atoms with Crippen LogP contribution in [0.5, 0.6) is 0 Å². The Bertz CT molecular complexity index is 175. The first-order chi connectivity index (χ1) is 7.80. The monoisotopic (exact) mass is 291 g/mol. The summed E-state index contributed by atoms with van der Waals surface area (Å²) in [4.78, 5) is 2.59. The molecule has 96 valence electrons. The Morgan fingerprint density at radius 1 is 1.44 bits per heavy atom. The lowest BCUT2D eigenvalue weighted by Gasteiger charge is -2.34. The number of piperidine rings is 1. The number of alkyl halides is 1. The Labute approximate surface area is 109 Å². The third-order valence-corrected chi connectivity index (χ3v) is 4.21. The van der Waals surface area contributed by atoms with Gasteiger partial charge in [-0.25, -0.2) is 0 Å². The van der Waals surface area contributed by atoms with Crippen LogP contribution in [0, 0.1) is 5.92 Å². The lowest BCUT2D eigenvalue weighted by molar-refractivity contribution is 0.00239. The highest BCUT2D eigenvalue weighted by Gasteiger charge is 2.21. The molecular formula is C13H26BrNO. The van der Waals surface area contributed by atoms with Crippen LogP contribution in [0.4, 0.5) is 0 Å².